The molecule has 2 heterocycles. The number of hydrogen-bond acceptors (Lipinski definition) is 5. The van der Waals surface area contributed by atoms with Crippen molar-refractivity contribution >= 4 is 11.6 Å². The van der Waals surface area contributed by atoms with Crippen LogP contribution in [0.4, 0.5) is 10.1 Å². The first-order valence-electron chi connectivity index (χ1n) is 8.97. The standard InChI is InChI=1S/C21H18FN5O2/c1-13-5-3-4-6-16(13)21-25-20(26-29-21)18-10-27(12-23-18)11-19(28)24-15-8-7-14(2)17(22)9-15/h3-10,12H,11H2,1-2H3,(H,24,28). The number of benzene rings is 2. The number of nitrogens with zero attached hydrogens (tertiary/aromatic N) is 4. The van der Waals surface area contributed by atoms with Crippen molar-refractivity contribution in [3.05, 3.63) is 71.9 Å². The highest BCUT2D eigenvalue weighted by molar-refractivity contribution is 5.90. The van der Waals surface area contributed by atoms with Gasteiger partial charge in [-0.1, -0.05) is 29.4 Å². The number of nitrogens with one attached hydrogen (secondary N) is 1. The predicted octanol–water partition coefficient (Wildman–Crippen LogP) is 3.99. The topological polar surface area (TPSA) is 85.8 Å². The summed E-state index contributed by atoms with van der Waals surface area (Å²) in [6, 6.07) is 12.3. The molecule has 0 aliphatic heterocycles. The lowest BCUT2D eigenvalue weighted by molar-refractivity contribution is -0.116. The van der Waals surface area contributed by atoms with Crippen LogP contribution in [0.2, 0.25) is 0 Å². The van der Waals surface area contributed by atoms with E-state index in [2.05, 4.69) is 20.4 Å². The summed E-state index contributed by atoms with van der Waals surface area (Å²) in [5, 5.41) is 6.64. The number of amides is 1. The van der Waals surface area contributed by atoms with Crippen LogP contribution in [0.1, 0.15) is 11.1 Å². The lowest BCUT2D eigenvalue weighted by Gasteiger charge is -2.06. The molecule has 2 aromatic heterocycles. The van der Waals surface area contributed by atoms with Crippen LogP contribution >= 0.6 is 0 Å². The molecule has 7 nitrogen and oxygen atoms in total. The molecule has 0 aliphatic carbocycles. The maximum atomic E-state index is 13.6. The van der Waals surface area contributed by atoms with Gasteiger partial charge in [0.05, 0.1) is 6.33 Å². The van der Waals surface area contributed by atoms with Crippen LogP contribution in [-0.4, -0.2) is 25.6 Å². The quantitative estimate of drug-likeness (QED) is 0.556. The number of imidazole rings is 1. The Morgan fingerprint density at radius 2 is 2.00 bits per heavy atom. The first kappa shape index (κ1) is 18.5. The summed E-state index contributed by atoms with van der Waals surface area (Å²) in [7, 11) is 0. The maximum absolute atomic E-state index is 13.6. The number of carbonyl (C=O) groups is 1. The van der Waals surface area contributed by atoms with Gasteiger partial charge in [0.1, 0.15) is 18.1 Å². The molecule has 0 saturated carbocycles. The molecule has 0 unspecified atom stereocenters. The Hall–Kier alpha value is -3.81. The van der Waals surface area contributed by atoms with Gasteiger partial charge in [0.2, 0.25) is 11.7 Å². The summed E-state index contributed by atoms with van der Waals surface area (Å²) < 4.78 is 20.6. The van der Waals surface area contributed by atoms with Gasteiger partial charge in [0, 0.05) is 17.4 Å². The van der Waals surface area contributed by atoms with E-state index in [1.54, 1.807) is 29.8 Å². The van der Waals surface area contributed by atoms with Gasteiger partial charge in [-0.15, -0.1) is 0 Å². The lowest BCUT2D eigenvalue weighted by Crippen LogP contribution is -2.18. The summed E-state index contributed by atoms with van der Waals surface area (Å²) in [6.07, 6.45) is 3.16. The Balaban J connectivity index is 1.45. The van der Waals surface area contributed by atoms with Crippen LogP contribution in [0.5, 0.6) is 0 Å². The minimum absolute atomic E-state index is 0.0188. The third-order valence-electron chi connectivity index (χ3n) is 4.45. The van der Waals surface area contributed by atoms with Crippen LogP contribution < -0.4 is 5.32 Å². The average Bonchev–Trinajstić information content (AvgIpc) is 3.34. The van der Waals surface area contributed by atoms with Crippen LogP contribution in [0, 0.1) is 19.7 Å². The summed E-state index contributed by atoms with van der Waals surface area (Å²) in [5.41, 5.74) is 3.29. The Morgan fingerprint density at radius 1 is 1.17 bits per heavy atom. The second-order valence-electron chi connectivity index (χ2n) is 6.68. The van der Waals surface area contributed by atoms with E-state index in [-0.39, 0.29) is 18.3 Å². The smallest absolute Gasteiger partial charge is 0.258 e. The molecule has 0 fully saturated rings. The van der Waals surface area contributed by atoms with Crippen molar-refractivity contribution in [2.75, 3.05) is 5.32 Å². The normalized spacial score (nSPS) is 10.9. The monoisotopic (exact) mass is 391 g/mol. The minimum Gasteiger partial charge on any atom is -0.334 e. The van der Waals surface area contributed by atoms with E-state index in [0.29, 0.717) is 28.7 Å². The maximum Gasteiger partial charge on any atom is 0.258 e. The minimum atomic E-state index is -0.366. The molecule has 4 rings (SSSR count). The number of anilines is 1. The highest BCUT2D eigenvalue weighted by Crippen LogP contribution is 2.24. The van der Waals surface area contributed by atoms with Crippen molar-refractivity contribution < 1.29 is 13.7 Å². The molecular formula is C21H18FN5O2. The van der Waals surface area contributed by atoms with Crippen molar-refractivity contribution in [2.45, 2.75) is 20.4 Å². The molecule has 0 spiro atoms. The number of aromatic nitrogens is 4. The molecule has 8 heteroatoms. The zero-order valence-corrected chi connectivity index (χ0v) is 15.9. The zero-order chi connectivity index (χ0) is 20.4. The van der Waals surface area contributed by atoms with E-state index >= 15 is 0 Å². The number of rotatable bonds is 5. The van der Waals surface area contributed by atoms with Crippen LogP contribution in [0.25, 0.3) is 23.0 Å². The van der Waals surface area contributed by atoms with E-state index in [0.717, 1.165) is 11.1 Å². The van der Waals surface area contributed by atoms with Crippen LogP contribution in [0.15, 0.2) is 59.5 Å². The van der Waals surface area contributed by atoms with Gasteiger partial charge < -0.3 is 14.4 Å². The second-order valence-corrected chi connectivity index (χ2v) is 6.68. The van der Waals surface area contributed by atoms with Crippen LogP contribution in [0.3, 0.4) is 0 Å². The lowest BCUT2D eigenvalue weighted by atomic mass is 10.1. The molecule has 1 amide bonds. The molecule has 0 aliphatic rings. The third-order valence-corrected chi connectivity index (χ3v) is 4.45. The second kappa shape index (κ2) is 7.67. The first-order valence-corrected chi connectivity index (χ1v) is 8.97. The van der Waals surface area contributed by atoms with Crippen molar-refractivity contribution in [3.8, 4) is 23.0 Å². The van der Waals surface area contributed by atoms with E-state index in [4.69, 9.17) is 4.52 Å². The molecule has 29 heavy (non-hydrogen) atoms. The fourth-order valence-corrected chi connectivity index (χ4v) is 2.85. The molecule has 4 aromatic rings. The number of carbonyl (C=O) groups excluding carboxylic acids is 1. The van der Waals surface area contributed by atoms with Gasteiger partial charge in [-0.2, -0.15) is 4.98 Å². The van der Waals surface area contributed by atoms with Crippen molar-refractivity contribution in [3.63, 3.8) is 0 Å². The first-order chi connectivity index (χ1) is 14.0. The van der Waals surface area contributed by atoms with Crippen LogP contribution in [-0.2, 0) is 11.3 Å². The number of aryl methyl sites for hydroxylation is 2. The molecule has 146 valence electrons. The van der Waals surface area contributed by atoms with Crippen molar-refractivity contribution in [1.29, 1.82) is 0 Å². The average molecular weight is 391 g/mol. The highest BCUT2D eigenvalue weighted by atomic mass is 19.1. The van der Waals surface area contributed by atoms with Gasteiger partial charge in [0.25, 0.3) is 5.89 Å². The predicted molar refractivity (Wildman–Crippen MR) is 105 cm³/mol. The van der Waals surface area contributed by atoms with E-state index in [1.807, 2.05) is 31.2 Å². The van der Waals surface area contributed by atoms with Gasteiger partial charge in [-0.05, 0) is 43.2 Å². The Labute approximate surface area is 166 Å². The number of halogens is 1. The SMILES string of the molecule is Cc1ccc(NC(=O)Cn2cnc(-c3noc(-c4ccccc4C)n3)c2)cc1F. The highest BCUT2D eigenvalue weighted by Gasteiger charge is 2.15. The van der Waals surface area contributed by atoms with Gasteiger partial charge >= 0.3 is 0 Å². The fourth-order valence-electron chi connectivity index (χ4n) is 2.85. The molecule has 2 aromatic carbocycles. The summed E-state index contributed by atoms with van der Waals surface area (Å²) in [6.45, 7) is 3.65. The third kappa shape index (κ3) is 4.06. The fraction of sp³-hybridized carbons (Fsp3) is 0.143. The van der Waals surface area contributed by atoms with Crippen molar-refractivity contribution in [2.24, 2.45) is 0 Å². The molecule has 0 atom stereocenters. The molecule has 0 radical (unpaired) electrons. The summed E-state index contributed by atoms with van der Waals surface area (Å²) in [5.74, 6) is 0.0787. The molecule has 1 N–H and O–H groups in total. The molecular weight excluding hydrogens is 373 g/mol. The van der Waals surface area contributed by atoms with E-state index in [1.165, 1.54) is 12.4 Å². The van der Waals surface area contributed by atoms with E-state index in [9.17, 15) is 9.18 Å². The Morgan fingerprint density at radius 3 is 2.79 bits per heavy atom. The zero-order valence-electron chi connectivity index (χ0n) is 15.9. The van der Waals surface area contributed by atoms with Gasteiger partial charge in [-0.25, -0.2) is 9.37 Å². The molecule has 0 saturated heterocycles. The Kier molecular flexibility index (Phi) is 4.90. The largest absolute Gasteiger partial charge is 0.334 e. The molecule has 0 bridgehead atoms. The number of hydrogen-bond donors (Lipinski definition) is 1. The summed E-state index contributed by atoms with van der Waals surface area (Å²) in [4.78, 5) is 20.9. The van der Waals surface area contributed by atoms with E-state index < -0.39 is 0 Å². The Bertz CT molecular complexity index is 1180. The van der Waals surface area contributed by atoms with Gasteiger partial charge in [0.15, 0.2) is 0 Å². The van der Waals surface area contributed by atoms with Crippen molar-refractivity contribution in [1.82, 2.24) is 19.7 Å². The summed E-state index contributed by atoms with van der Waals surface area (Å²) >= 11 is 0. The van der Waals surface area contributed by atoms with Gasteiger partial charge in [-0.3, -0.25) is 4.79 Å².